The van der Waals surface area contributed by atoms with Crippen LogP contribution < -0.4 is 0 Å². The molecule has 0 aliphatic heterocycles. The van der Waals surface area contributed by atoms with Crippen LogP contribution in [0, 0.1) is 6.07 Å². The second kappa shape index (κ2) is 5.29. The molecule has 0 saturated carbocycles. The van der Waals surface area contributed by atoms with Gasteiger partial charge in [0.05, 0.1) is 0 Å². The third kappa shape index (κ3) is 2.40. The quantitative estimate of drug-likeness (QED) is 0.654. The summed E-state index contributed by atoms with van der Waals surface area (Å²) in [4.78, 5) is 4.44. The van der Waals surface area contributed by atoms with Gasteiger partial charge in [0, 0.05) is 29.5 Å². The van der Waals surface area contributed by atoms with Crippen molar-refractivity contribution in [3.05, 3.63) is 72.6 Å². The smallest absolute Gasteiger partial charge is 0.144 e. The maximum absolute atomic E-state index is 5.81. The van der Waals surface area contributed by atoms with E-state index in [4.69, 9.17) is 11.6 Å². The monoisotopic (exact) mass is 267 g/mol. The molecular formula is C16H12ClN2. The highest BCUT2D eigenvalue weighted by molar-refractivity contribution is 6.17. The van der Waals surface area contributed by atoms with E-state index >= 15 is 0 Å². The fraction of sp³-hybridized carbons (Fsp3) is 0.0625. The molecule has 0 aliphatic carbocycles. The second-order valence-corrected chi connectivity index (χ2v) is 4.48. The lowest BCUT2D eigenvalue weighted by molar-refractivity contribution is 1.07. The van der Waals surface area contributed by atoms with E-state index in [1.54, 1.807) is 0 Å². The molecule has 3 aromatic rings. The van der Waals surface area contributed by atoms with E-state index < -0.39 is 0 Å². The Balaban J connectivity index is 2.04. The zero-order chi connectivity index (χ0) is 13.1. The van der Waals surface area contributed by atoms with Crippen LogP contribution in [0.1, 0.15) is 5.56 Å². The molecule has 1 radical (unpaired) electrons. The highest BCUT2D eigenvalue weighted by atomic mass is 35.5. The molecule has 93 valence electrons. The molecule has 0 atom stereocenters. The average molecular weight is 268 g/mol. The molecule has 0 unspecified atom stereocenters. The topological polar surface area (TPSA) is 17.8 Å². The predicted molar refractivity (Wildman–Crippen MR) is 77.4 cm³/mol. The maximum atomic E-state index is 5.81. The van der Waals surface area contributed by atoms with Crippen molar-refractivity contribution in [2.75, 3.05) is 0 Å². The van der Waals surface area contributed by atoms with E-state index in [1.165, 1.54) is 0 Å². The number of aromatic nitrogens is 2. The summed E-state index contributed by atoms with van der Waals surface area (Å²) in [6.07, 6.45) is 3.77. The Bertz CT molecular complexity index is 657. The highest BCUT2D eigenvalue weighted by Crippen LogP contribution is 2.22. The first kappa shape index (κ1) is 12.0. The van der Waals surface area contributed by atoms with Crippen LogP contribution in [0.15, 0.2) is 60.9 Å². The minimum absolute atomic E-state index is 0.531. The van der Waals surface area contributed by atoms with E-state index in [0.717, 1.165) is 22.6 Å². The van der Waals surface area contributed by atoms with E-state index in [2.05, 4.69) is 15.6 Å². The number of nitrogens with zero attached hydrogens (tertiary/aromatic N) is 2. The Morgan fingerprint density at radius 3 is 2.47 bits per heavy atom. The molecule has 0 fully saturated rings. The molecule has 1 aromatic heterocycles. The fourth-order valence-corrected chi connectivity index (χ4v) is 2.19. The summed E-state index contributed by atoms with van der Waals surface area (Å²) in [5, 5.41) is 0. The lowest BCUT2D eigenvalue weighted by atomic mass is 10.1. The molecule has 0 N–H and O–H groups in total. The van der Waals surface area contributed by atoms with Crippen molar-refractivity contribution < 1.29 is 0 Å². The summed E-state index contributed by atoms with van der Waals surface area (Å²) in [7, 11) is 0. The first-order valence-electron chi connectivity index (χ1n) is 6.03. The molecule has 0 saturated heterocycles. The molecule has 0 bridgehead atoms. The van der Waals surface area contributed by atoms with Crippen LogP contribution in [-0.4, -0.2) is 9.55 Å². The molecule has 3 heteroatoms. The van der Waals surface area contributed by atoms with E-state index in [1.807, 2.05) is 60.9 Å². The van der Waals surface area contributed by atoms with Crippen molar-refractivity contribution in [3.8, 4) is 17.1 Å². The van der Waals surface area contributed by atoms with Crippen LogP contribution in [0.4, 0.5) is 0 Å². The van der Waals surface area contributed by atoms with E-state index in [0.29, 0.717) is 5.88 Å². The molecule has 0 aliphatic rings. The molecule has 2 nitrogen and oxygen atoms in total. The largest absolute Gasteiger partial charge is 0.300 e. The van der Waals surface area contributed by atoms with Crippen LogP contribution in [-0.2, 0) is 5.88 Å². The van der Waals surface area contributed by atoms with Crippen molar-refractivity contribution in [1.29, 1.82) is 0 Å². The van der Waals surface area contributed by atoms with Gasteiger partial charge in [0.25, 0.3) is 0 Å². The van der Waals surface area contributed by atoms with Gasteiger partial charge in [-0.25, -0.2) is 4.98 Å². The van der Waals surface area contributed by atoms with Crippen LogP contribution >= 0.6 is 11.6 Å². The number of halogens is 1. The number of alkyl halides is 1. The summed E-state index contributed by atoms with van der Waals surface area (Å²) < 4.78 is 2.06. The van der Waals surface area contributed by atoms with Crippen LogP contribution in [0.3, 0.4) is 0 Å². The third-order valence-electron chi connectivity index (χ3n) is 2.99. The molecular weight excluding hydrogens is 256 g/mol. The predicted octanol–water partition coefficient (Wildman–Crippen LogP) is 4.08. The van der Waals surface area contributed by atoms with Crippen molar-refractivity contribution in [2.24, 2.45) is 0 Å². The summed E-state index contributed by atoms with van der Waals surface area (Å²) in [5.41, 5.74) is 3.26. The van der Waals surface area contributed by atoms with Crippen molar-refractivity contribution in [2.45, 2.75) is 5.88 Å². The number of imidazole rings is 1. The molecule has 1 heterocycles. The van der Waals surface area contributed by atoms with Gasteiger partial charge in [-0.2, -0.15) is 0 Å². The molecule has 2 aromatic carbocycles. The number of hydrogen-bond donors (Lipinski definition) is 0. The number of rotatable bonds is 3. The zero-order valence-electron chi connectivity index (χ0n) is 10.3. The first-order chi connectivity index (χ1) is 9.38. The Hall–Kier alpha value is -2.06. The van der Waals surface area contributed by atoms with Gasteiger partial charge in [-0.1, -0.05) is 36.4 Å². The lowest BCUT2D eigenvalue weighted by Crippen LogP contribution is -1.95. The molecule has 19 heavy (non-hydrogen) atoms. The van der Waals surface area contributed by atoms with Crippen molar-refractivity contribution in [1.82, 2.24) is 9.55 Å². The highest BCUT2D eigenvalue weighted by Gasteiger charge is 2.07. The Morgan fingerprint density at radius 1 is 1.05 bits per heavy atom. The van der Waals surface area contributed by atoms with Crippen LogP contribution in [0.5, 0.6) is 0 Å². The van der Waals surface area contributed by atoms with Gasteiger partial charge < -0.3 is 0 Å². The van der Waals surface area contributed by atoms with Gasteiger partial charge in [0.1, 0.15) is 5.82 Å². The summed E-state index contributed by atoms with van der Waals surface area (Å²) in [6, 6.07) is 19.0. The van der Waals surface area contributed by atoms with Crippen LogP contribution in [0.2, 0.25) is 0 Å². The maximum Gasteiger partial charge on any atom is 0.144 e. The number of hydrogen-bond acceptors (Lipinski definition) is 1. The van der Waals surface area contributed by atoms with E-state index in [9.17, 15) is 0 Å². The van der Waals surface area contributed by atoms with E-state index in [-0.39, 0.29) is 0 Å². The second-order valence-electron chi connectivity index (χ2n) is 4.21. The van der Waals surface area contributed by atoms with Gasteiger partial charge in [-0.05, 0) is 23.8 Å². The molecule has 0 spiro atoms. The number of benzene rings is 2. The first-order valence-corrected chi connectivity index (χ1v) is 6.57. The van der Waals surface area contributed by atoms with Gasteiger partial charge in [0.2, 0.25) is 0 Å². The fourth-order valence-electron chi connectivity index (χ4n) is 2.01. The average Bonchev–Trinajstić information content (AvgIpc) is 2.98. The molecule has 3 rings (SSSR count). The van der Waals surface area contributed by atoms with Gasteiger partial charge in [-0.15, -0.1) is 11.6 Å². The Labute approximate surface area is 117 Å². The summed E-state index contributed by atoms with van der Waals surface area (Å²) >= 11 is 5.81. The summed E-state index contributed by atoms with van der Waals surface area (Å²) in [6.45, 7) is 0. The minimum Gasteiger partial charge on any atom is -0.300 e. The molecule has 0 amide bonds. The van der Waals surface area contributed by atoms with Crippen molar-refractivity contribution >= 4 is 11.6 Å². The Kier molecular flexibility index (Phi) is 3.34. The lowest BCUT2D eigenvalue weighted by Gasteiger charge is -2.08. The minimum atomic E-state index is 0.531. The van der Waals surface area contributed by atoms with Crippen molar-refractivity contribution in [3.63, 3.8) is 0 Å². The Morgan fingerprint density at radius 2 is 1.79 bits per heavy atom. The van der Waals surface area contributed by atoms with Crippen LogP contribution in [0.25, 0.3) is 17.1 Å². The zero-order valence-corrected chi connectivity index (χ0v) is 11.0. The van der Waals surface area contributed by atoms with Gasteiger partial charge >= 0.3 is 0 Å². The normalized spacial score (nSPS) is 10.6. The van der Waals surface area contributed by atoms with Gasteiger partial charge in [0.15, 0.2) is 0 Å². The standard InChI is InChI=1S/C16H12ClN2/c17-12-13-6-8-14(9-7-13)16-18-10-11-19(16)15-4-2-1-3-5-15/h2-11H,12H2. The summed E-state index contributed by atoms with van der Waals surface area (Å²) in [5.74, 6) is 1.45. The SMILES string of the molecule is ClCc1ccc(-c2nccn2-c2cc[c]cc2)cc1. The third-order valence-corrected chi connectivity index (χ3v) is 3.29. The van der Waals surface area contributed by atoms with Gasteiger partial charge in [-0.3, -0.25) is 4.57 Å².